The Kier molecular flexibility index (Phi) is 7.86. The van der Waals surface area contributed by atoms with Gasteiger partial charge in [0.1, 0.15) is 0 Å². The molecule has 0 aromatic heterocycles. The second-order valence-corrected chi connectivity index (χ2v) is 12.6. The van der Waals surface area contributed by atoms with Crippen LogP contribution in [-0.4, -0.2) is 17.3 Å². The van der Waals surface area contributed by atoms with Crippen LogP contribution in [0.15, 0.2) is 91.0 Å². The minimum absolute atomic E-state index is 0.400. The summed E-state index contributed by atoms with van der Waals surface area (Å²) in [5, 5.41) is 12.5. The van der Waals surface area contributed by atoms with Crippen LogP contribution in [0.25, 0.3) is 0 Å². The summed E-state index contributed by atoms with van der Waals surface area (Å²) in [4.78, 5) is 0. The first-order valence-electron chi connectivity index (χ1n) is 10.4. The maximum absolute atomic E-state index is 14.6. The van der Waals surface area contributed by atoms with Gasteiger partial charge in [-0.3, -0.25) is 4.57 Å². The largest absolute Gasteiger partial charge is 0.372 e. The average Bonchev–Trinajstić information content (AvgIpc) is 2.74. The van der Waals surface area contributed by atoms with Crippen LogP contribution in [0, 0.1) is 0 Å². The molecular weight excluding hydrogens is 426 g/mol. The molecule has 1 N–H and O–H groups in total. The van der Waals surface area contributed by atoms with E-state index in [9.17, 15) is 9.67 Å². The highest BCUT2D eigenvalue weighted by atomic mass is 31.2. The molecule has 0 radical (unpaired) electrons. The molecule has 1 unspecified atom stereocenters. The molecule has 0 heterocycles. The Morgan fingerprint density at radius 1 is 0.710 bits per heavy atom. The van der Waals surface area contributed by atoms with E-state index in [1.165, 1.54) is 0 Å². The molecule has 3 rings (SSSR count). The van der Waals surface area contributed by atoms with Crippen LogP contribution >= 0.6 is 15.5 Å². The number of hydrogen-bond acceptors (Lipinski definition) is 4. The van der Waals surface area contributed by atoms with Crippen molar-refractivity contribution < 1.29 is 18.7 Å². The third-order valence-electron chi connectivity index (χ3n) is 4.58. The fourth-order valence-electron chi connectivity index (χ4n) is 3.46. The highest BCUT2D eigenvalue weighted by Gasteiger charge is 2.58. The molecule has 3 aromatic carbocycles. The highest BCUT2D eigenvalue weighted by Crippen LogP contribution is 2.76. The summed E-state index contributed by atoms with van der Waals surface area (Å²) in [6.45, 7) is 7.20. The quantitative estimate of drug-likeness (QED) is 0.404. The van der Waals surface area contributed by atoms with Crippen LogP contribution in [0.4, 0.5) is 0 Å². The van der Waals surface area contributed by atoms with Gasteiger partial charge in [0.25, 0.3) is 0 Å². The summed E-state index contributed by atoms with van der Waals surface area (Å²) in [6.07, 6.45) is -0.800. The first-order chi connectivity index (χ1) is 14.8. The van der Waals surface area contributed by atoms with Gasteiger partial charge in [0.2, 0.25) is 5.08 Å². The van der Waals surface area contributed by atoms with Gasteiger partial charge in [-0.15, -0.1) is 0 Å². The minimum Gasteiger partial charge on any atom is -0.369 e. The van der Waals surface area contributed by atoms with Gasteiger partial charge in [-0.25, -0.2) is 0 Å². The van der Waals surface area contributed by atoms with Crippen molar-refractivity contribution in [1.29, 1.82) is 0 Å². The Hall–Kier alpha value is -1.80. The SMILES string of the molecule is CC(C)OP(=O)(OC(C)C)C(O)(c1ccccc1)P(c1ccccc1)c1ccccc1. The summed E-state index contributed by atoms with van der Waals surface area (Å²) in [5.41, 5.74) is 0.512. The minimum atomic E-state index is -4.08. The summed E-state index contributed by atoms with van der Waals surface area (Å²) in [6, 6.07) is 28.5. The van der Waals surface area contributed by atoms with E-state index in [0.29, 0.717) is 5.56 Å². The van der Waals surface area contributed by atoms with E-state index in [0.717, 1.165) is 10.6 Å². The maximum Gasteiger partial charge on any atom is 0.372 e. The zero-order chi connectivity index (χ0) is 22.5. The first kappa shape index (κ1) is 23.9. The molecule has 164 valence electrons. The van der Waals surface area contributed by atoms with E-state index >= 15 is 0 Å². The summed E-state index contributed by atoms with van der Waals surface area (Å²) in [7, 11) is -5.66. The molecule has 0 fully saturated rings. The van der Waals surface area contributed by atoms with Crippen molar-refractivity contribution in [2.75, 3.05) is 0 Å². The fourth-order valence-corrected chi connectivity index (χ4v) is 9.70. The fraction of sp³-hybridized carbons (Fsp3) is 0.280. The van der Waals surface area contributed by atoms with E-state index in [4.69, 9.17) is 9.05 Å². The lowest BCUT2D eigenvalue weighted by Gasteiger charge is -2.42. The lowest BCUT2D eigenvalue weighted by Crippen LogP contribution is -2.35. The normalized spacial score (nSPS) is 14.2. The van der Waals surface area contributed by atoms with E-state index in [1.54, 1.807) is 39.8 Å². The molecule has 0 aliphatic carbocycles. The second-order valence-electron chi connectivity index (χ2n) is 7.81. The molecule has 0 aliphatic heterocycles. The van der Waals surface area contributed by atoms with Crippen molar-refractivity contribution >= 4 is 26.1 Å². The standard InChI is InChI=1S/C25H30O4P2/c1-20(2)28-31(27,29-21(3)4)25(26,22-14-8-5-9-15-22)30(23-16-10-6-11-17-23)24-18-12-7-13-19-24/h5-21,26H,1-4H3. The third-order valence-corrected chi connectivity index (χ3v) is 10.8. The molecule has 4 nitrogen and oxygen atoms in total. The molecular formula is C25H30O4P2. The lowest BCUT2D eigenvalue weighted by atomic mass is 10.2. The lowest BCUT2D eigenvalue weighted by molar-refractivity contribution is 0.0863. The average molecular weight is 456 g/mol. The van der Waals surface area contributed by atoms with Crippen LogP contribution in [0.1, 0.15) is 33.3 Å². The number of rotatable bonds is 9. The number of aliphatic hydroxyl groups is 1. The number of hydrogen-bond donors (Lipinski definition) is 1. The highest BCUT2D eigenvalue weighted by molar-refractivity contribution is 7.83. The molecule has 0 saturated carbocycles. The Morgan fingerprint density at radius 3 is 1.42 bits per heavy atom. The smallest absolute Gasteiger partial charge is 0.369 e. The molecule has 3 aromatic rings. The van der Waals surface area contributed by atoms with E-state index in [1.807, 2.05) is 78.9 Å². The Morgan fingerprint density at radius 2 is 1.06 bits per heavy atom. The van der Waals surface area contributed by atoms with Crippen molar-refractivity contribution in [3.8, 4) is 0 Å². The van der Waals surface area contributed by atoms with Crippen molar-refractivity contribution in [2.24, 2.45) is 0 Å². The van der Waals surface area contributed by atoms with Crippen molar-refractivity contribution in [2.45, 2.75) is 45.0 Å². The zero-order valence-electron chi connectivity index (χ0n) is 18.4. The third kappa shape index (κ3) is 5.17. The molecule has 0 spiro atoms. The van der Waals surface area contributed by atoms with E-state index in [-0.39, 0.29) is 0 Å². The topological polar surface area (TPSA) is 55.8 Å². The van der Waals surface area contributed by atoms with Crippen molar-refractivity contribution in [3.63, 3.8) is 0 Å². The predicted octanol–water partition coefficient (Wildman–Crippen LogP) is 5.97. The molecule has 1 atom stereocenters. The van der Waals surface area contributed by atoms with Gasteiger partial charge in [-0.05, 0) is 38.3 Å². The van der Waals surface area contributed by atoms with Crippen LogP contribution < -0.4 is 10.6 Å². The van der Waals surface area contributed by atoms with Crippen LogP contribution in [0.3, 0.4) is 0 Å². The van der Waals surface area contributed by atoms with Gasteiger partial charge in [0.15, 0.2) is 0 Å². The Bertz CT molecular complexity index is 940. The van der Waals surface area contributed by atoms with Crippen molar-refractivity contribution in [3.05, 3.63) is 96.6 Å². The van der Waals surface area contributed by atoms with E-state index in [2.05, 4.69) is 0 Å². The van der Waals surface area contributed by atoms with Crippen LogP contribution in [-0.2, 0) is 18.7 Å². The predicted molar refractivity (Wildman–Crippen MR) is 129 cm³/mol. The summed E-state index contributed by atoms with van der Waals surface area (Å²) < 4.78 is 26.5. The van der Waals surface area contributed by atoms with Gasteiger partial charge < -0.3 is 14.2 Å². The van der Waals surface area contributed by atoms with Gasteiger partial charge in [0.05, 0.1) is 12.2 Å². The Balaban J connectivity index is 2.36. The van der Waals surface area contributed by atoms with Gasteiger partial charge >= 0.3 is 7.60 Å². The van der Waals surface area contributed by atoms with Gasteiger partial charge in [-0.2, -0.15) is 0 Å². The summed E-state index contributed by atoms with van der Waals surface area (Å²) >= 11 is 0. The van der Waals surface area contributed by atoms with Crippen molar-refractivity contribution in [1.82, 2.24) is 0 Å². The van der Waals surface area contributed by atoms with Gasteiger partial charge in [0, 0.05) is 13.5 Å². The summed E-state index contributed by atoms with van der Waals surface area (Å²) in [5.74, 6) is 0. The number of benzene rings is 3. The van der Waals surface area contributed by atoms with Crippen LogP contribution in [0.2, 0.25) is 0 Å². The van der Waals surface area contributed by atoms with E-state index < -0.39 is 32.8 Å². The Labute approximate surface area is 186 Å². The zero-order valence-corrected chi connectivity index (χ0v) is 20.2. The first-order valence-corrected chi connectivity index (χ1v) is 13.3. The van der Waals surface area contributed by atoms with Gasteiger partial charge in [-0.1, -0.05) is 91.0 Å². The molecule has 0 aliphatic rings. The monoisotopic (exact) mass is 456 g/mol. The molecule has 0 saturated heterocycles. The molecule has 0 bridgehead atoms. The maximum atomic E-state index is 14.6. The molecule has 31 heavy (non-hydrogen) atoms. The van der Waals surface area contributed by atoms with Crippen LogP contribution in [0.5, 0.6) is 0 Å². The molecule has 0 amide bonds. The second kappa shape index (κ2) is 10.2. The molecule has 6 heteroatoms.